The highest BCUT2D eigenvalue weighted by molar-refractivity contribution is 6.81. The lowest BCUT2D eigenvalue weighted by Gasteiger charge is -2.15. The number of allylic oxidation sites excluding steroid dienone is 1. The van der Waals surface area contributed by atoms with E-state index in [-0.39, 0.29) is 0 Å². The van der Waals surface area contributed by atoms with Gasteiger partial charge in [0, 0.05) is 25.6 Å². The van der Waals surface area contributed by atoms with E-state index in [0.717, 1.165) is 19.5 Å². The summed E-state index contributed by atoms with van der Waals surface area (Å²) in [6, 6.07) is 10.8. The smallest absolute Gasteiger partial charge is 0.0687 e. The van der Waals surface area contributed by atoms with Crippen LogP contribution < -0.4 is 0 Å². The summed E-state index contributed by atoms with van der Waals surface area (Å²) in [5.41, 5.74) is 5.68. The molecule has 2 rings (SSSR count). The Morgan fingerprint density at radius 3 is 2.52 bits per heavy atom. The van der Waals surface area contributed by atoms with Crippen LogP contribution in [0.25, 0.3) is 0 Å². The molecule has 0 amide bonds. The molecule has 1 saturated heterocycles. The van der Waals surface area contributed by atoms with E-state index in [9.17, 15) is 0 Å². The molecule has 1 fully saturated rings. The van der Waals surface area contributed by atoms with Crippen LogP contribution in [0, 0.1) is 5.92 Å². The van der Waals surface area contributed by atoms with Crippen LogP contribution in [-0.2, 0) is 6.54 Å². The Hall–Kier alpha value is -1.12. The normalized spacial score (nSPS) is 22.5. The Labute approximate surface area is 131 Å². The second-order valence-corrected chi connectivity index (χ2v) is 12.2. The predicted molar refractivity (Wildman–Crippen MR) is 96.1 cm³/mol. The molecular weight excluding hydrogens is 270 g/mol. The van der Waals surface area contributed by atoms with E-state index in [0.29, 0.717) is 5.92 Å². The standard InChI is InChI=1S/C19H29NSi/c1-5-6-12-18-14-20(13-17-10-8-7-9-11-17)15-19(18)16-21(2,3)4/h6-12,16,18H,5,13-15H2,1-4H3/b12-6+,19-16-/t18-/m1/s1. The number of benzene rings is 1. The molecule has 0 bridgehead atoms. The molecule has 0 unspecified atom stereocenters. The van der Waals surface area contributed by atoms with Crippen LogP contribution in [-0.4, -0.2) is 26.1 Å². The van der Waals surface area contributed by atoms with Gasteiger partial charge in [0.15, 0.2) is 0 Å². The molecule has 0 spiro atoms. The Morgan fingerprint density at radius 2 is 1.90 bits per heavy atom. The fourth-order valence-corrected chi connectivity index (χ4v) is 4.41. The molecule has 2 heteroatoms. The maximum absolute atomic E-state index is 2.61. The van der Waals surface area contributed by atoms with Crippen molar-refractivity contribution in [1.82, 2.24) is 4.90 Å². The van der Waals surface area contributed by atoms with Crippen molar-refractivity contribution < 1.29 is 0 Å². The fourth-order valence-electron chi connectivity index (χ4n) is 2.99. The monoisotopic (exact) mass is 299 g/mol. The van der Waals surface area contributed by atoms with Gasteiger partial charge in [0.05, 0.1) is 8.07 Å². The van der Waals surface area contributed by atoms with Gasteiger partial charge in [0.2, 0.25) is 0 Å². The molecule has 1 heterocycles. The summed E-state index contributed by atoms with van der Waals surface area (Å²) in [5.74, 6) is 0.625. The molecule has 1 aliphatic rings. The number of hydrogen-bond donors (Lipinski definition) is 0. The van der Waals surface area contributed by atoms with E-state index < -0.39 is 8.07 Å². The maximum Gasteiger partial charge on any atom is 0.0687 e. The van der Waals surface area contributed by atoms with Gasteiger partial charge in [-0.1, -0.05) is 80.3 Å². The minimum atomic E-state index is -1.15. The highest BCUT2D eigenvalue weighted by atomic mass is 28.3. The Kier molecular flexibility index (Phi) is 5.60. The van der Waals surface area contributed by atoms with Crippen LogP contribution >= 0.6 is 0 Å². The third-order valence-corrected chi connectivity index (χ3v) is 5.05. The van der Waals surface area contributed by atoms with Crippen molar-refractivity contribution in [2.45, 2.75) is 39.5 Å². The third kappa shape index (κ3) is 5.29. The summed E-state index contributed by atoms with van der Waals surface area (Å²) in [4.78, 5) is 2.59. The van der Waals surface area contributed by atoms with Crippen molar-refractivity contribution in [3.63, 3.8) is 0 Å². The Morgan fingerprint density at radius 1 is 1.19 bits per heavy atom. The summed E-state index contributed by atoms with van der Waals surface area (Å²) >= 11 is 0. The van der Waals surface area contributed by atoms with E-state index in [1.54, 1.807) is 5.57 Å². The van der Waals surface area contributed by atoms with Crippen molar-refractivity contribution >= 4 is 8.07 Å². The van der Waals surface area contributed by atoms with Gasteiger partial charge in [-0.2, -0.15) is 0 Å². The number of hydrogen-bond acceptors (Lipinski definition) is 1. The van der Waals surface area contributed by atoms with Crippen LogP contribution in [0.15, 0.2) is 53.8 Å². The second-order valence-electron chi connectivity index (χ2n) is 7.18. The van der Waals surface area contributed by atoms with Gasteiger partial charge in [-0.25, -0.2) is 0 Å². The molecule has 1 aliphatic heterocycles. The third-order valence-electron chi connectivity index (χ3n) is 3.81. The minimum absolute atomic E-state index is 0.625. The highest BCUT2D eigenvalue weighted by Gasteiger charge is 2.27. The van der Waals surface area contributed by atoms with Crippen LogP contribution in [0.3, 0.4) is 0 Å². The van der Waals surface area contributed by atoms with Crippen molar-refractivity contribution in [1.29, 1.82) is 0 Å². The van der Waals surface area contributed by atoms with Gasteiger partial charge in [-0.3, -0.25) is 4.90 Å². The number of rotatable bonds is 5. The molecule has 0 N–H and O–H groups in total. The van der Waals surface area contributed by atoms with Crippen LogP contribution in [0.4, 0.5) is 0 Å². The van der Waals surface area contributed by atoms with E-state index in [2.05, 4.69) is 79.6 Å². The average molecular weight is 300 g/mol. The molecule has 0 saturated carbocycles. The molecule has 114 valence electrons. The zero-order valence-electron chi connectivity index (χ0n) is 14.0. The second kappa shape index (κ2) is 7.23. The minimum Gasteiger partial charge on any atom is -0.294 e. The highest BCUT2D eigenvalue weighted by Crippen LogP contribution is 2.27. The van der Waals surface area contributed by atoms with Crippen LogP contribution in [0.5, 0.6) is 0 Å². The van der Waals surface area contributed by atoms with E-state index >= 15 is 0 Å². The first kappa shape index (κ1) is 16.3. The molecule has 1 atom stereocenters. The Balaban J connectivity index is 2.10. The molecular formula is C19H29NSi. The lowest BCUT2D eigenvalue weighted by molar-refractivity contribution is 0.327. The van der Waals surface area contributed by atoms with Crippen molar-refractivity contribution in [3.8, 4) is 0 Å². The quantitative estimate of drug-likeness (QED) is 0.553. The van der Waals surface area contributed by atoms with E-state index in [1.807, 2.05) is 0 Å². The van der Waals surface area contributed by atoms with Gasteiger partial charge >= 0.3 is 0 Å². The zero-order valence-corrected chi connectivity index (χ0v) is 15.0. The first-order chi connectivity index (χ1) is 9.98. The van der Waals surface area contributed by atoms with Gasteiger partial charge in [0.1, 0.15) is 0 Å². The van der Waals surface area contributed by atoms with Gasteiger partial charge in [-0.15, -0.1) is 0 Å². The Bertz CT molecular complexity index is 496. The molecule has 1 aromatic carbocycles. The topological polar surface area (TPSA) is 3.24 Å². The average Bonchev–Trinajstić information content (AvgIpc) is 2.77. The summed E-state index contributed by atoms with van der Waals surface area (Å²) in [7, 11) is -1.15. The van der Waals surface area contributed by atoms with Gasteiger partial charge < -0.3 is 0 Å². The summed E-state index contributed by atoms with van der Waals surface area (Å²) in [6.07, 6.45) is 5.89. The largest absolute Gasteiger partial charge is 0.294 e. The molecule has 0 aromatic heterocycles. The van der Waals surface area contributed by atoms with Crippen LogP contribution in [0.1, 0.15) is 18.9 Å². The zero-order chi connectivity index (χ0) is 15.3. The number of likely N-dealkylation sites (tertiary alicyclic amines) is 1. The molecule has 21 heavy (non-hydrogen) atoms. The van der Waals surface area contributed by atoms with Gasteiger partial charge in [0.25, 0.3) is 0 Å². The molecule has 0 aliphatic carbocycles. The molecule has 1 nitrogen and oxygen atoms in total. The summed E-state index contributed by atoms with van der Waals surface area (Å²) in [6.45, 7) is 12.9. The SMILES string of the molecule is CC/C=C/[C@@H]1CN(Cc2ccccc2)C/C1=C/[Si](C)(C)C. The lowest BCUT2D eigenvalue weighted by atomic mass is 10.0. The van der Waals surface area contributed by atoms with Crippen molar-refractivity contribution in [3.05, 3.63) is 59.3 Å². The lowest BCUT2D eigenvalue weighted by Crippen LogP contribution is -2.20. The number of nitrogens with zero attached hydrogens (tertiary/aromatic N) is 1. The predicted octanol–water partition coefficient (Wildman–Crippen LogP) is 4.89. The van der Waals surface area contributed by atoms with Crippen LogP contribution in [0.2, 0.25) is 19.6 Å². The van der Waals surface area contributed by atoms with Gasteiger partial charge in [-0.05, 0) is 12.0 Å². The van der Waals surface area contributed by atoms with E-state index in [4.69, 9.17) is 0 Å². The first-order valence-electron chi connectivity index (χ1n) is 8.12. The molecule has 0 radical (unpaired) electrons. The summed E-state index contributed by atoms with van der Waals surface area (Å²) in [5, 5.41) is 0. The van der Waals surface area contributed by atoms with E-state index in [1.165, 1.54) is 12.1 Å². The summed E-state index contributed by atoms with van der Waals surface area (Å²) < 4.78 is 0. The maximum atomic E-state index is 2.61. The first-order valence-corrected chi connectivity index (χ1v) is 11.7. The molecule has 1 aromatic rings. The van der Waals surface area contributed by atoms with Crippen molar-refractivity contribution in [2.75, 3.05) is 13.1 Å². The van der Waals surface area contributed by atoms with Crippen molar-refractivity contribution in [2.24, 2.45) is 5.92 Å². The fraction of sp³-hybridized carbons (Fsp3) is 0.474.